The van der Waals surface area contributed by atoms with Crippen LogP contribution < -0.4 is 16.0 Å². The van der Waals surface area contributed by atoms with Crippen molar-refractivity contribution in [3.8, 4) is 11.5 Å². The average molecular weight is 406 g/mol. The predicted molar refractivity (Wildman–Crippen MR) is 118 cm³/mol. The molecule has 3 rings (SSSR count). The lowest BCUT2D eigenvalue weighted by Gasteiger charge is -2.10. The maximum atomic E-state index is 11.8. The van der Waals surface area contributed by atoms with Crippen LogP contribution in [0.4, 0.5) is 0 Å². The van der Waals surface area contributed by atoms with Gasteiger partial charge in [-0.3, -0.25) is 4.79 Å². The molecule has 1 amide bonds. The van der Waals surface area contributed by atoms with E-state index in [2.05, 4.69) is 25.9 Å². The molecule has 0 unspecified atom stereocenters. The van der Waals surface area contributed by atoms with Crippen molar-refractivity contribution >= 4 is 11.9 Å². The first-order valence-electron chi connectivity index (χ1n) is 10.1. The number of benzene rings is 2. The monoisotopic (exact) mass is 405 g/mol. The van der Waals surface area contributed by atoms with Crippen LogP contribution in [0.25, 0.3) is 11.5 Å². The van der Waals surface area contributed by atoms with Crippen molar-refractivity contribution in [2.75, 3.05) is 13.1 Å². The molecule has 0 saturated carbocycles. The van der Waals surface area contributed by atoms with Crippen molar-refractivity contribution in [1.82, 2.24) is 20.9 Å². The molecule has 0 atom stereocenters. The van der Waals surface area contributed by atoms with Gasteiger partial charge in [0.05, 0.1) is 18.8 Å². The number of nitrogens with zero attached hydrogens (tertiary/aromatic N) is 2. The van der Waals surface area contributed by atoms with E-state index in [9.17, 15) is 4.79 Å². The van der Waals surface area contributed by atoms with E-state index >= 15 is 0 Å². The lowest BCUT2D eigenvalue weighted by atomic mass is 10.1. The first-order valence-corrected chi connectivity index (χ1v) is 10.1. The van der Waals surface area contributed by atoms with E-state index in [1.807, 2.05) is 68.4 Å². The van der Waals surface area contributed by atoms with Crippen molar-refractivity contribution in [3.05, 3.63) is 77.7 Å². The van der Waals surface area contributed by atoms with E-state index in [0.717, 1.165) is 23.4 Å². The first-order chi connectivity index (χ1) is 14.7. The molecule has 156 valence electrons. The van der Waals surface area contributed by atoms with E-state index in [4.69, 9.17) is 4.42 Å². The number of hydrogen-bond donors (Lipinski definition) is 3. The highest BCUT2D eigenvalue weighted by Crippen LogP contribution is 2.17. The molecule has 2 aromatic carbocycles. The van der Waals surface area contributed by atoms with Gasteiger partial charge < -0.3 is 20.4 Å². The van der Waals surface area contributed by atoms with Gasteiger partial charge in [0, 0.05) is 24.2 Å². The minimum Gasteiger partial charge on any atom is -0.444 e. The summed E-state index contributed by atoms with van der Waals surface area (Å²) >= 11 is 0. The average Bonchev–Trinajstić information content (AvgIpc) is 3.26. The molecule has 3 N–H and O–H groups in total. The van der Waals surface area contributed by atoms with Crippen molar-refractivity contribution in [1.29, 1.82) is 0 Å². The number of aromatic nitrogens is 1. The fourth-order valence-electron chi connectivity index (χ4n) is 2.81. The molecule has 30 heavy (non-hydrogen) atoms. The highest BCUT2D eigenvalue weighted by molar-refractivity contribution is 5.94. The summed E-state index contributed by atoms with van der Waals surface area (Å²) in [5.41, 5.74) is 3.41. The topological polar surface area (TPSA) is 91.5 Å². The summed E-state index contributed by atoms with van der Waals surface area (Å²) < 4.78 is 5.58. The van der Waals surface area contributed by atoms with Crippen molar-refractivity contribution in [2.24, 2.45) is 4.99 Å². The van der Waals surface area contributed by atoms with E-state index in [-0.39, 0.29) is 5.91 Å². The molecule has 0 aliphatic heterocycles. The molecular formula is C23H27N5O2. The van der Waals surface area contributed by atoms with E-state index in [1.54, 1.807) is 6.26 Å². The Bertz CT molecular complexity index is 965. The molecule has 0 spiro atoms. The summed E-state index contributed by atoms with van der Waals surface area (Å²) in [6, 6.07) is 17.3. The van der Waals surface area contributed by atoms with Crippen LogP contribution in [0.2, 0.25) is 0 Å². The van der Waals surface area contributed by atoms with Crippen LogP contribution in [0, 0.1) is 0 Å². The number of aliphatic imine (C=N–C) groups is 1. The smallest absolute Gasteiger partial charge is 0.251 e. The van der Waals surface area contributed by atoms with Crippen molar-refractivity contribution in [2.45, 2.75) is 26.9 Å². The zero-order chi connectivity index (χ0) is 21.2. The van der Waals surface area contributed by atoms with Gasteiger partial charge in [-0.2, -0.15) is 0 Å². The Morgan fingerprint density at radius 1 is 0.967 bits per heavy atom. The van der Waals surface area contributed by atoms with Gasteiger partial charge in [-0.1, -0.05) is 30.3 Å². The van der Waals surface area contributed by atoms with Gasteiger partial charge in [0.25, 0.3) is 5.91 Å². The molecule has 0 bridgehead atoms. The number of hydrogen-bond acceptors (Lipinski definition) is 4. The van der Waals surface area contributed by atoms with Crippen LogP contribution in [0.15, 0.2) is 70.3 Å². The van der Waals surface area contributed by atoms with Gasteiger partial charge >= 0.3 is 0 Å². The van der Waals surface area contributed by atoms with Gasteiger partial charge in [-0.25, -0.2) is 9.98 Å². The second kappa shape index (κ2) is 10.8. The zero-order valence-electron chi connectivity index (χ0n) is 17.3. The molecule has 0 aliphatic rings. The Labute approximate surface area is 176 Å². The number of rotatable bonds is 8. The summed E-state index contributed by atoms with van der Waals surface area (Å²) in [5, 5.41) is 9.29. The number of carbonyl (C=O) groups excluding carboxylic acids is 1. The highest BCUT2D eigenvalue weighted by Gasteiger charge is 2.07. The summed E-state index contributed by atoms with van der Waals surface area (Å²) in [5.74, 6) is 1.22. The Balaban J connectivity index is 1.58. The molecule has 0 saturated heterocycles. The van der Waals surface area contributed by atoms with Crippen LogP contribution in [0.5, 0.6) is 0 Å². The minimum atomic E-state index is -0.0648. The molecule has 0 radical (unpaired) electrons. The molecule has 1 heterocycles. The lowest BCUT2D eigenvalue weighted by molar-refractivity contribution is 0.0956. The largest absolute Gasteiger partial charge is 0.444 e. The highest BCUT2D eigenvalue weighted by atomic mass is 16.3. The molecule has 7 nitrogen and oxygen atoms in total. The van der Waals surface area contributed by atoms with Crippen LogP contribution in [0.1, 0.15) is 35.5 Å². The van der Waals surface area contributed by atoms with Crippen LogP contribution in [0.3, 0.4) is 0 Å². The Morgan fingerprint density at radius 2 is 1.70 bits per heavy atom. The van der Waals surface area contributed by atoms with Gasteiger partial charge in [0.2, 0.25) is 5.89 Å². The summed E-state index contributed by atoms with van der Waals surface area (Å²) in [7, 11) is 0. The number of guanidine groups is 1. The van der Waals surface area contributed by atoms with Crippen LogP contribution >= 0.6 is 0 Å². The molecular weight excluding hydrogens is 378 g/mol. The molecule has 0 fully saturated rings. The second-order valence-electron chi connectivity index (χ2n) is 6.62. The van der Waals surface area contributed by atoms with E-state index in [0.29, 0.717) is 37.0 Å². The molecule has 3 aromatic rings. The normalized spacial score (nSPS) is 11.2. The van der Waals surface area contributed by atoms with Gasteiger partial charge in [-0.15, -0.1) is 0 Å². The quantitative estimate of drug-likeness (QED) is 0.395. The number of carbonyl (C=O) groups is 1. The van der Waals surface area contributed by atoms with E-state index in [1.165, 1.54) is 0 Å². The molecule has 1 aromatic heterocycles. The second-order valence-corrected chi connectivity index (χ2v) is 6.62. The Morgan fingerprint density at radius 3 is 2.40 bits per heavy atom. The Hall–Kier alpha value is -3.61. The first kappa shape index (κ1) is 21.1. The fraction of sp³-hybridized carbons (Fsp3) is 0.261. The zero-order valence-corrected chi connectivity index (χ0v) is 17.3. The third-order valence-electron chi connectivity index (χ3n) is 4.33. The fourth-order valence-corrected chi connectivity index (χ4v) is 2.81. The molecule has 0 aliphatic carbocycles. The summed E-state index contributed by atoms with van der Waals surface area (Å²) in [6.07, 6.45) is 1.65. The third kappa shape index (κ3) is 5.94. The standard InChI is InChI=1S/C23H27N5O2/c1-3-24-21(29)18-12-10-17(11-13-18)14-26-23(25-4-2)27-15-20-16-30-22(28-20)19-8-6-5-7-9-19/h5-13,16H,3-4,14-15H2,1-2H3,(H,24,29)(H2,25,26,27). The number of amides is 1. The summed E-state index contributed by atoms with van der Waals surface area (Å²) in [6.45, 7) is 6.27. The summed E-state index contributed by atoms with van der Waals surface area (Å²) in [4.78, 5) is 21.0. The maximum Gasteiger partial charge on any atom is 0.251 e. The number of oxazole rings is 1. The van der Waals surface area contributed by atoms with E-state index < -0.39 is 0 Å². The van der Waals surface area contributed by atoms with Crippen LogP contribution in [-0.4, -0.2) is 29.9 Å². The maximum absolute atomic E-state index is 11.8. The predicted octanol–water partition coefficient (Wildman–Crippen LogP) is 3.35. The van der Waals surface area contributed by atoms with Crippen molar-refractivity contribution < 1.29 is 9.21 Å². The number of nitrogens with one attached hydrogen (secondary N) is 3. The minimum absolute atomic E-state index is 0.0648. The lowest BCUT2D eigenvalue weighted by Crippen LogP contribution is -2.36. The van der Waals surface area contributed by atoms with Crippen LogP contribution in [-0.2, 0) is 13.1 Å². The SMILES string of the molecule is CCNC(=O)c1ccc(CN=C(NCC)NCc2coc(-c3ccccc3)n2)cc1. The van der Waals surface area contributed by atoms with Gasteiger partial charge in [-0.05, 0) is 43.7 Å². The van der Waals surface area contributed by atoms with Crippen molar-refractivity contribution in [3.63, 3.8) is 0 Å². The molecule has 7 heteroatoms. The third-order valence-corrected chi connectivity index (χ3v) is 4.33. The van der Waals surface area contributed by atoms with Gasteiger partial charge in [0.1, 0.15) is 6.26 Å². The van der Waals surface area contributed by atoms with Gasteiger partial charge in [0.15, 0.2) is 5.96 Å². The Kier molecular flexibility index (Phi) is 7.60.